The second-order valence-electron chi connectivity index (χ2n) is 7.52. The fraction of sp³-hybridized carbons (Fsp3) is 1.00. The van der Waals surface area contributed by atoms with Crippen molar-refractivity contribution in [1.82, 2.24) is 10.2 Å². The highest BCUT2D eigenvalue weighted by Gasteiger charge is 2.36. The summed E-state index contributed by atoms with van der Waals surface area (Å²) in [5.74, 6) is 0. The van der Waals surface area contributed by atoms with Gasteiger partial charge in [0.1, 0.15) is 0 Å². The van der Waals surface area contributed by atoms with E-state index in [1.807, 2.05) is 0 Å². The summed E-state index contributed by atoms with van der Waals surface area (Å²) in [7, 11) is 0. The van der Waals surface area contributed by atoms with Crippen LogP contribution in [-0.2, 0) is 4.74 Å². The standard InChI is InChI=1S/C16H34N2O2/c1-7-8-17-13(2)15(3,4)11-18-9-14(10-19)20-16(5,6)12-18/h13-14,17,19H,7-12H2,1-6H3. The molecule has 120 valence electrons. The van der Waals surface area contributed by atoms with E-state index in [1.165, 1.54) is 0 Å². The zero-order valence-corrected chi connectivity index (χ0v) is 14.2. The van der Waals surface area contributed by atoms with Crippen molar-refractivity contribution in [1.29, 1.82) is 0 Å². The van der Waals surface area contributed by atoms with Gasteiger partial charge in [0.05, 0.1) is 18.3 Å². The van der Waals surface area contributed by atoms with Gasteiger partial charge in [0.15, 0.2) is 0 Å². The summed E-state index contributed by atoms with van der Waals surface area (Å²) < 4.78 is 5.89. The van der Waals surface area contributed by atoms with E-state index in [0.29, 0.717) is 6.04 Å². The van der Waals surface area contributed by atoms with E-state index in [1.54, 1.807) is 0 Å². The molecule has 0 radical (unpaired) electrons. The Labute approximate surface area is 124 Å². The van der Waals surface area contributed by atoms with Crippen molar-refractivity contribution in [3.8, 4) is 0 Å². The Morgan fingerprint density at radius 2 is 2.10 bits per heavy atom. The van der Waals surface area contributed by atoms with Crippen LogP contribution in [0.1, 0.15) is 48.0 Å². The molecular formula is C16H34N2O2. The average molecular weight is 286 g/mol. The smallest absolute Gasteiger partial charge is 0.0940 e. The summed E-state index contributed by atoms with van der Waals surface area (Å²) in [4.78, 5) is 2.44. The van der Waals surface area contributed by atoms with Crippen molar-refractivity contribution in [2.24, 2.45) is 5.41 Å². The lowest BCUT2D eigenvalue weighted by atomic mass is 9.84. The van der Waals surface area contributed by atoms with Crippen molar-refractivity contribution in [2.75, 3.05) is 32.8 Å². The normalized spacial score (nSPS) is 25.6. The van der Waals surface area contributed by atoms with Gasteiger partial charge in [-0.25, -0.2) is 0 Å². The Bertz CT molecular complexity index is 292. The molecule has 0 aromatic heterocycles. The van der Waals surface area contributed by atoms with Crippen LogP contribution in [0.15, 0.2) is 0 Å². The third-order valence-corrected chi connectivity index (χ3v) is 4.26. The number of rotatable bonds is 7. The van der Waals surface area contributed by atoms with E-state index in [4.69, 9.17) is 4.74 Å². The van der Waals surface area contributed by atoms with E-state index in [-0.39, 0.29) is 23.7 Å². The molecule has 1 saturated heterocycles. The molecule has 20 heavy (non-hydrogen) atoms. The van der Waals surface area contributed by atoms with Gasteiger partial charge in [-0.3, -0.25) is 4.90 Å². The first-order valence-corrected chi connectivity index (χ1v) is 7.94. The molecule has 0 saturated carbocycles. The number of aliphatic hydroxyl groups excluding tert-OH is 1. The van der Waals surface area contributed by atoms with Crippen LogP contribution in [0.4, 0.5) is 0 Å². The average Bonchev–Trinajstić information content (AvgIpc) is 2.33. The summed E-state index contributed by atoms with van der Waals surface area (Å²) in [6.07, 6.45) is 1.10. The molecule has 1 aliphatic rings. The molecule has 0 spiro atoms. The van der Waals surface area contributed by atoms with Crippen molar-refractivity contribution in [3.63, 3.8) is 0 Å². The first-order chi connectivity index (χ1) is 9.20. The van der Waals surface area contributed by atoms with E-state index >= 15 is 0 Å². The number of nitrogens with one attached hydrogen (secondary N) is 1. The molecule has 0 bridgehead atoms. The lowest BCUT2D eigenvalue weighted by Gasteiger charge is -2.46. The van der Waals surface area contributed by atoms with Gasteiger partial charge in [0.25, 0.3) is 0 Å². The second-order valence-corrected chi connectivity index (χ2v) is 7.52. The molecule has 1 rings (SSSR count). The van der Waals surface area contributed by atoms with Gasteiger partial charge in [-0.1, -0.05) is 20.8 Å². The third-order valence-electron chi connectivity index (χ3n) is 4.26. The quantitative estimate of drug-likeness (QED) is 0.750. The van der Waals surface area contributed by atoms with Crippen molar-refractivity contribution < 1.29 is 9.84 Å². The molecule has 2 unspecified atom stereocenters. The maximum Gasteiger partial charge on any atom is 0.0940 e. The zero-order chi connectivity index (χ0) is 15.4. The van der Waals surface area contributed by atoms with Crippen molar-refractivity contribution in [3.05, 3.63) is 0 Å². The maximum atomic E-state index is 9.40. The molecule has 1 aliphatic heterocycles. The minimum atomic E-state index is -0.179. The molecule has 1 fully saturated rings. The van der Waals surface area contributed by atoms with Gasteiger partial charge in [0, 0.05) is 25.7 Å². The number of ether oxygens (including phenoxy) is 1. The first kappa shape index (κ1) is 17.9. The zero-order valence-electron chi connectivity index (χ0n) is 14.2. The van der Waals surface area contributed by atoms with Gasteiger partial charge in [0.2, 0.25) is 0 Å². The minimum absolute atomic E-state index is 0.0616. The predicted molar refractivity (Wildman–Crippen MR) is 84.0 cm³/mol. The largest absolute Gasteiger partial charge is 0.394 e. The van der Waals surface area contributed by atoms with E-state index < -0.39 is 0 Å². The summed E-state index contributed by atoms with van der Waals surface area (Å²) in [6, 6.07) is 0.473. The highest BCUT2D eigenvalue weighted by Crippen LogP contribution is 2.27. The van der Waals surface area contributed by atoms with Crippen molar-refractivity contribution >= 4 is 0 Å². The van der Waals surface area contributed by atoms with Crippen LogP contribution >= 0.6 is 0 Å². The molecule has 2 N–H and O–H groups in total. The lowest BCUT2D eigenvalue weighted by molar-refractivity contribution is -0.153. The van der Waals surface area contributed by atoms with Gasteiger partial charge < -0.3 is 15.2 Å². The molecule has 0 aliphatic carbocycles. The predicted octanol–water partition coefficient (Wildman–Crippen LogP) is 1.87. The number of hydrogen-bond acceptors (Lipinski definition) is 4. The Hall–Kier alpha value is -0.160. The Balaban J connectivity index is 2.60. The fourth-order valence-corrected chi connectivity index (χ4v) is 2.98. The summed E-state index contributed by atoms with van der Waals surface area (Å²) in [5.41, 5.74) is 0.0183. The highest BCUT2D eigenvalue weighted by molar-refractivity contribution is 4.89. The molecule has 1 heterocycles. The van der Waals surface area contributed by atoms with Gasteiger partial charge in [-0.15, -0.1) is 0 Å². The van der Waals surface area contributed by atoms with E-state index in [0.717, 1.165) is 32.6 Å². The van der Waals surface area contributed by atoms with Crippen LogP contribution in [0.25, 0.3) is 0 Å². The summed E-state index contributed by atoms with van der Waals surface area (Å²) >= 11 is 0. The van der Waals surface area contributed by atoms with E-state index in [2.05, 4.69) is 51.8 Å². The Morgan fingerprint density at radius 3 is 2.65 bits per heavy atom. The maximum absolute atomic E-state index is 9.40. The molecule has 4 heteroatoms. The number of nitrogens with zero attached hydrogens (tertiary/aromatic N) is 1. The van der Waals surface area contributed by atoms with Crippen LogP contribution in [0, 0.1) is 5.41 Å². The van der Waals surface area contributed by atoms with Crippen LogP contribution in [-0.4, -0.2) is 60.5 Å². The minimum Gasteiger partial charge on any atom is -0.394 e. The molecule has 0 aromatic rings. The highest BCUT2D eigenvalue weighted by atomic mass is 16.5. The van der Waals surface area contributed by atoms with Crippen LogP contribution in [0.3, 0.4) is 0 Å². The SMILES string of the molecule is CCCNC(C)C(C)(C)CN1CC(CO)OC(C)(C)C1. The molecule has 4 nitrogen and oxygen atoms in total. The summed E-state index contributed by atoms with van der Waals surface area (Å²) in [5, 5.41) is 13.0. The molecule has 2 atom stereocenters. The second kappa shape index (κ2) is 7.21. The Morgan fingerprint density at radius 1 is 1.45 bits per heavy atom. The monoisotopic (exact) mass is 286 g/mol. The topological polar surface area (TPSA) is 44.7 Å². The van der Waals surface area contributed by atoms with Crippen LogP contribution in [0.2, 0.25) is 0 Å². The number of morpholine rings is 1. The van der Waals surface area contributed by atoms with Crippen LogP contribution < -0.4 is 5.32 Å². The summed E-state index contributed by atoms with van der Waals surface area (Å²) in [6.45, 7) is 17.2. The van der Waals surface area contributed by atoms with Crippen LogP contribution in [0.5, 0.6) is 0 Å². The van der Waals surface area contributed by atoms with Gasteiger partial charge in [-0.2, -0.15) is 0 Å². The van der Waals surface area contributed by atoms with Crippen molar-refractivity contribution in [2.45, 2.75) is 65.7 Å². The Kier molecular flexibility index (Phi) is 6.45. The number of aliphatic hydroxyl groups is 1. The number of hydrogen-bond donors (Lipinski definition) is 2. The fourth-order valence-electron chi connectivity index (χ4n) is 2.98. The lowest BCUT2D eigenvalue weighted by Crippen LogP contribution is -2.57. The molecule has 0 amide bonds. The van der Waals surface area contributed by atoms with E-state index in [9.17, 15) is 5.11 Å². The first-order valence-electron chi connectivity index (χ1n) is 7.94. The third kappa shape index (κ3) is 5.32. The molecular weight excluding hydrogens is 252 g/mol. The van der Waals surface area contributed by atoms with Gasteiger partial charge in [-0.05, 0) is 39.2 Å². The van der Waals surface area contributed by atoms with Gasteiger partial charge >= 0.3 is 0 Å². The molecule has 0 aromatic carbocycles.